The molecule has 1 N–H and O–H groups in total. The number of benzene rings is 2. The molecule has 23 heavy (non-hydrogen) atoms. The van der Waals surface area contributed by atoms with Crippen LogP contribution in [0.3, 0.4) is 0 Å². The Balaban J connectivity index is 2.27. The largest absolute Gasteiger partial charge is 0.497 e. The second-order valence-electron chi connectivity index (χ2n) is 4.78. The zero-order valence-electron chi connectivity index (χ0n) is 13.2. The van der Waals surface area contributed by atoms with Gasteiger partial charge in [-0.3, -0.25) is 4.72 Å². The standard InChI is InChI=1S/C16H19NO5S/c1-20-11-12-4-6-16(7-5-12)23(18,19)17-13-8-14(21-2)10-15(9-13)22-3/h4-10,17H,11H2,1-3H3. The molecule has 0 aromatic heterocycles. The first-order valence-electron chi connectivity index (χ1n) is 6.82. The van der Waals surface area contributed by atoms with Crippen molar-refractivity contribution in [2.75, 3.05) is 26.1 Å². The number of hydrogen-bond donors (Lipinski definition) is 1. The Bertz CT molecular complexity index is 734. The van der Waals surface area contributed by atoms with E-state index in [0.717, 1.165) is 5.56 Å². The van der Waals surface area contributed by atoms with Crippen molar-refractivity contribution in [1.29, 1.82) is 0 Å². The number of methoxy groups -OCH3 is 3. The highest BCUT2D eigenvalue weighted by Gasteiger charge is 2.15. The first-order chi connectivity index (χ1) is 11.0. The van der Waals surface area contributed by atoms with E-state index in [9.17, 15) is 8.42 Å². The van der Waals surface area contributed by atoms with Crippen LogP contribution in [0.4, 0.5) is 5.69 Å². The maximum Gasteiger partial charge on any atom is 0.261 e. The van der Waals surface area contributed by atoms with Gasteiger partial charge in [0.1, 0.15) is 11.5 Å². The number of rotatable bonds is 7. The van der Waals surface area contributed by atoms with Gasteiger partial charge in [0.2, 0.25) is 0 Å². The molecule has 2 aromatic rings. The maximum atomic E-state index is 12.4. The molecule has 0 atom stereocenters. The molecule has 2 rings (SSSR count). The monoisotopic (exact) mass is 337 g/mol. The van der Waals surface area contributed by atoms with Gasteiger partial charge in [0.25, 0.3) is 10.0 Å². The van der Waals surface area contributed by atoms with E-state index in [2.05, 4.69) is 4.72 Å². The van der Waals surface area contributed by atoms with Crippen LogP contribution in [0.1, 0.15) is 5.56 Å². The van der Waals surface area contributed by atoms with E-state index in [1.165, 1.54) is 26.4 Å². The van der Waals surface area contributed by atoms with Crippen molar-refractivity contribution >= 4 is 15.7 Å². The van der Waals surface area contributed by atoms with Crippen LogP contribution in [0.25, 0.3) is 0 Å². The zero-order chi connectivity index (χ0) is 16.9. The predicted octanol–water partition coefficient (Wildman–Crippen LogP) is 2.65. The molecule has 0 aliphatic heterocycles. The van der Waals surface area contributed by atoms with E-state index >= 15 is 0 Å². The summed E-state index contributed by atoms with van der Waals surface area (Å²) in [5, 5.41) is 0. The second-order valence-corrected chi connectivity index (χ2v) is 6.47. The van der Waals surface area contributed by atoms with Crippen molar-refractivity contribution in [3.63, 3.8) is 0 Å². The highest BCUT2D eigenvalue weighted by Crippen LogP contribution is 2.27. The minimum atomic E-state index is -3.70. The van der Waals surface area contributed by atoms with Gasteiger partial charge in [0, 0.05) is 25.3 Å². The van der Waals surface area contributed by atoms with Crippen molar-refractivity contribution in [1.82, 2.24) is 0 Å². The summed E-state index contributed by atoms with van der Waals surface area (Å²) in [5.41, 5.74) is 1.26. The molecule has 2 aromatic carbocycles. The minimum absolute atomic E-state index is 0.166. The average Bonchev–Trinajstić information content (AvgIpc) is 2.54. The van der Waals surface area contributed by atoms with Crippen LogP contribution in [0.15, 0.2) is 47.4 Å². The van der Waals surface area contributed by atoms with Crippen molar-refractivity contribution in [2.45, 2.75) is 11.5 Å². The minimum Gasteiger partial charge on any atom is -0.497 e. The zero-order valence-corrected chi connectivity index (χ0v) is 14.0. The first-order valence-corrected chi connectivity index (χ1v) is 8.30. The van der Waals surface area contributed by atoms with Gasteiger partial charge in [-0.15, -0.1) is 0 Å². The van der Waals surface area contributed by atoms with Crippen LogP contribution < -0.4 is 14.2 Å². The van der Waals surface area contributed by atoms with Crippen LogP contribution in [0.5, 0.6) is 11.5 Å². The summed E-state index contributed by atoms with van der Waals surface area (Å²) in [4.78, 5) is 0.166. The molecule has 0 aliphatic carbocycles. The molecular formula is C16H19NO5S. The molecule has 0 fully saturated rings. The fourth-order valence-electron chi connectivity index (χ4n) is 2.01. The Morgan fingerprint density at radius 2 is 1.48 bits per heavy atom. The lowest BCUT2D eigenvalue weighted by Crippen LogP contribution is -2.13. The van der Waals surface area contributed by atoms with Gasteiger partial charge in [0.05, 0.1) is 31.4 Å². The third kappa shape index (κ3) is 4.37. The van der Waals surface area contributed by atoms with Crippen LogP contribution in [0.2, 0.25) is 0 Å². The van der Waals surface area contributed by atoms with Crippen molar-refractivity contribution in [2.24, 2.45) is 0 Å². The van der Waals surface area contributed by atoms with Crippen molar-refractivity contribution in [3.8, 4) is 11.5 Å². The van der Waals surface area contributed by atoms with Gasteiger partial charge in [-0.05, 0) is 17.7 Å². The average molecular weight is 337 g/mol. The Kier molecular flexibility index (Phi) is 5.46. The molecule has 0 saturated heterocycles. The second kappa shape index (κ2) is 7.34. The molecule has 0 spiro atoms. The van der Waals surface area contributed by atoms with E-state index in [1.54, 1.807) is 37.4 Å². The predicted molar refractivity (Wildman–Crippen MR) is 87.5 cm³/mol. The molecule has 0 heterocycles. The summed E-state index contributed by atoms with van der Waals surface area (Å²) < 4.78 is 42.7. The van der Waals surface area contributed by atoms with Gasteiger partial charge < -0.3 is 14.2 Å². The molecule has 7 heteroatoms. The van der Waals surface area contributed by atoms with E-state index in [1.807, 2.05) is 0 Å². The van der Waals surface area contributed by atoms with Crippen molar-refractivity contribution < 1.29 is 22.6 Å². The van der Waals surface area contributed by atoms with E-state index in [-0.39, 0.29) is 4.90 Å². The lowest BCUT2D eigenvalue weighted by atomic mass is 10.2. The number of sulfonamides is 1. The molecule has 0 radical (unpaired) electrons. The molecule has 6 nitrogen and oxygen atoms in total. The summed E-state index contributed by atoms with van der Waals surface area (Å²) in [6.45, 7) is 0.431. The number of ether oxygens (including phenoxy) is 3. The van der Waals surface area contributed by atoms with Crippen LogP contribution >= 0.6 is 0 Å². The molecule has 0 bridgehead atoms. The Hall–Kier alpha value is -2.25. The van der Waals surface area contributed by atoms with Gasteiger partial charge in [0.15, 0.2) is 0 Å². The third-order valence-electron chi connectivity index (χ3n) is 3.15. The van der Waals surface area contributed by atoms with E-state index in [4.69, 9.17) is 14.2 Å². The number of hydrogen-bond acceptors (Lipinski definition) is 5. The van der Waals surface area contributed by atoms with Gasteiger partial charge in [-0.25, -0.2) is 8.42 Å². The summed E-state index contributed by atoms with van der Waals surface area (Å²) in [7, 11) is 0.892. The Morgan fingerprint density at radius 1 is 0.913 bits per heavy atom. The normalized spacial score (nSPS) is 11.1. The van der Waals surface area contributed by atoms with Gasteiger partial charge >= 0.3 is 0 Å². The quantitative estimate of drug-likeness (QED) is 0.841. The topological polar surface area (TPSA) is 73.9 Å². The Labute approximate surface area is 136 Å². The van der Waals surface area contributed by atoms with Crippen molar-refractivity contribution in [3.05, 3.63) is 48.0 Å². The summed E-state index contributed by atoms with van der Waals surface area (Å²) in [5.74, 6) is 0.995. The summed E-state index contributed by atoms with van der Waals surface area (Å²) in [6.07, 6.45) is 0. The molecule has 0 amide bonds. The fraction of sp³-hybridized carbons (Fsp3) is 0.250. The fourth-order valence-corrected chi connectivity index (χ4v) is 3.05. The summed E-state index contributed by atoms with van der Waals surface area (Å²) >= 11 is 0. The van der Waals surface area contributed by atoms with Gasteiger partial charge in [-0.2, -0.15) is 0 Å². The first kappa shape index (κ1) is 17.1. The molecule has 0 unspecified atom stereocenters. The lowest BCUT2D eigenvalue weighted by Gasteiger charge is -2.11. The molecule has 0 saturated carbocycles. The van der Waals surface area contributed by atoms with Crippen LogP contribution in [-0.2, 0) is 21.4 Å². The maximum absolute atomic E-state index is 12.4. The number of nitrogens with one attached hydrogen (secondary N) is 1. The van der Waals surface area contributed by atoms with Crippen LogP contribution in [0, 0.1) is 0 Å². The summed E-state index contributed by atoms with van der Waals surface area (Å²) in [6, 6.07) is 11.3. The van der Waals surface area contributed by atoms with Gasteiger partial charge in [-0.1, -0.05) is 12.1 Å². The molecular weight excluding hydrogens is 318 g/mol. The smallest absolute Gasteiger partial charge is 0.261 e. The van der Waals surface area contributed by atoms with E-state index in [0.29, 0.717) is 23.8 Å². The highest BCUT2D eigenvalue weighted by atomic mass is 32.2. The highest BCUT2D eigenvalue weighted by molar-refractivity contribution is 7.92. The third-order valence-corrected chi connectivity index (χ3v) is 4.55. The van der Waals surface area contributed by atoms with E-state index < -0.39 is 10.0 Å². The molecule has 0 aliphatic rings. The molecule has 124 valence electrons. The SMILES string of the molecule is COCc1ccc(S(=O)(=O)Nc2cc(OC)cc(OC)c2)cc1. The number of anilines is 1. The lowest BCUT2D eigenvalue weighted by molar-refractivity contribution is 0.185. The Morgan fingerprint density at radius 3 is 1.96 bits per heavy atom. The van der Waals surface area contributed by atoms with Crippen LogP contribution in [-0.4, -0.2) is 29.7 Å².